The highest BCUT2D eigenvalue weighted by atomic mass is 16.5. The van der Waals surface area contributed by atoms with Gasteiger partial charge in [0, 0.05) is 11.8 Å². The Morgan fingerprint density at radius 1 is 1.30 bits per heavy atom. The fraction of sp³-hybridized carbons (Fsp3) is 0.133. The molecule has 0 unspecified atom stereocenters. The summed E-state index contributed by atoms with van der Waals surface area (Å²) in [6, 6.07) is 10.4. The number of nitrogens with zero attached hydrogens (tertiary/aromatic N) is 2. The minimum absolute atomic E-state index is 0.102. The number of fused-ring (bicyclic) bond motifs is 1. The fourth-order valence-electron chi connectivity index (χ4n) is 2.26. The maximum Gasteiger partial charge on any atom is 0.337 e. The number of methoxy groups -OCH3 is 1. The molecule has 5 nitrogen and oxygen atoms in total. The van der Waals surface area contributed by atoms with E-state index in [0.29, 0.717) is 23.5 Å². The molecule has 3 rings (SSSR count). The molecule has 1 aromatic carbocycles. The first kappa shape index (κ1) is 12.3. The number of aromatic nitrogens is 1. The van der Waals surface area contributed by atoms with Gasteiger partial charge >= 0.3 is 5.97 Å². The summed E-state index contributed by atoms with van der Waals surface area (Å²) in [4.78, 5) is 29.6. The first-order valence-corrected chi connectivity index (χ1v) is 6.15. The van der Waals surface area contributed by atoms with E-state index in [1.807, 2.05) is 6.07 Å². The summed E-state index contributed by atoms with van der Waals surface area (Å²) < 4.78 is 4.68. The molecule has 20 heavy (non-hydrogen) atoms. The molecule has 0 bridgehead atoms. The van der Waals surface area contributed by atoms with Gasteiger partial charge < -0.3 is 4.74 Å². The predicted octanol–water partition coefficient (Wildman–Crippen LogP) is 2.03. The summed E-state index contributed by atoms with van der Waals surface area (Å²) in [5.74, 6) is 0.0972. The van der Waals surface area contributed by atoms with E-state index in [-0.39, 0.29) is 5.91 Å². The van der Waals surface area contributed by atoms with Crippen molar-refractivity contribution < 1.29 is 14.3 Å². The van der Waals surface area contributed by atoms with Crippen LogP contribution in [0.25, 0.3) is 0 Å². The Balaban J connectivity index is 1.96. The van der Waals surface area contributed by atoms with E-state index in [1.54, 1.807) is 41.4 Å². The molecule has 0 aliphatic carbocycles. The monoisotopic (exact) mass is 268 g/mol. The second kappa shape index (κ2) is 4.77. The molecule has 2 aromatic rings. The summed E-state index contributed by atoms with van der Waals surface area (Å²) in [7, 11) is 1.33. The average molecular weight is 268 g/mol. The van der Waals surface area contributed by atoms with Crippen LogP contribution in [0.3, 0.4) is 0 Å². The first-order valence-electron chi connectivity index (χ1n) is 6.15. The Bertz CT molecular complexity index is 683. The van der Waals surface area contributed by atoms with Gasteiger partial charge in [0.1, 0.15) is 5.82 Å². The Morgan fingerprint density at radius 2 is 2.15 bits per heavy atom. The van der Waals surface area contributed by atoms with Crippen molar-refractivity contribution in [1.29, 1.82) is 0 Å². The van der Waals surface area contributed by atoms with Gasteiger partial charge in [-0.2, -0.15) is 0 Å². The van der Waals surface area contributed by atoms with Gasteiger partial charge in [-0.1, -0.05) is 6.07 Å². The lowest BCUT2D eigenvalue weighted by molar-refractivity contribution is 0.0600. The van der Waals surface area contributed by atoms with Crippen LogP contribution in [-0.2, 0) is 11.3 Å². The molecule has 0 spiro atoms. The molecule has 1 amide bonds. The molecule has 0 saturated heterocycles. The van der Waals surface area contributed by atoms with Gasteiger partial charge in [0.15, 0.2) is 0 Å². The van der Waals surface area contributed by atoms with Gasteiger partial charge in [-0.3, -0.25) is 9.69 Å². The average Bonchev–Trinajstić information content (AvgIpc) is 2.84. The summed E-state index contributed by atoms with van der Waals surface area (Å²) in [6.45, 7) is 0.413. The molecular formula is C15H12N2O3. The zero-order valence-electron chi connectivity index (χ0n) is 10.9. The third-order valence-corrected chi connectivity index (χ3v) is 3.26. The van der Waals surface area contributed by atoms with Gasteiger partial charge in [-0.15, -0.1) is 0 Å². The van der Waals surface area contributed by atoms with Gasteiger partial charge in [-0.05, 0) is 35.9 Å². The number of benzene rings is 1. The van der Waals surface area contributed by atoms with E-state index < -0.39 is 5.97 Å². The summed E-state index contributed by atoms with van der Waals surface area (Å²) in [5, 5.41) is 0. The Kier molecular flexibility index (Phi) is 2.95. The Hall–Kier alpha value is -2.69. The molecule has 0 N–H and O–H groups in total. The van der Waals surface area contributed by atoms with Crippen LogP contribution in [-0.4, -0.2) is 24.0 Å². The number of carbonyl (C=O) groups excluding carboxylic acids is 2. The van der Waals surface area contributed by atoms with Gasteiger partial charge in [0.05, 0.1) is 19.2 Å². The Labute approximate surface area is 115 Å². The minimum atomic E-state index is -0.406. The van der Waals surface area contributed by atoms with Gasteiger partial charge in [0.25, 0.3) is 5.91 Å². The molecular weight excluding hydrogens is 256 g/mol. The lowest BCUT2D eigenvalue weighted by atomic mass is 10.1. The number of amides is 1. The van der Waals surface area contributed by atoms with Crippen LogP contribution in [0.2, 0.25) is 0 Å². The molecule has 1 aliphatic heterocycles. The molecule has 100 valence electrons. The zero-order valence-corrected chi connectivity index (χ0v) is 10.9. The Morgan fingerprint density at radius 3 is 2.85 bits per heavy atom. The second-order valence-corrected chi connectivity index (χ2v) is 4.44. The van der Waals surface area contributed by atoms with Gasteiger partial charge in [-0.25, -0.2) is 9.78 Å². The van der Waals surface area contributed by atoms with Crippen molar-refractivity contribution in [3.8, 4) is 0 Å². The molecule has 0 atom stereocenters. The molecule has 1 aromatic heterocycles. The molecule has 5 heteroatoms. The van der Waals surface area contributed by atoms with Crippen molar-refractivity contribution >= 4 is 17.7 Å². The highest BCUT2D eigenvalue weighted by Gasteiger charge is 2.29. The minimum Gasteiger partial charge on any atom is -0.465 e. The van der Waals surface area contributed by atoms with E-state index in [1.165, 1.54) is 7.11 Å². The van der Waals surface area contributed by atoms with E-state index in [2.05, 4.69) is 9.72 Å². The quantitative estimate of drug-likeness (QED) is 0.782. The SMILES string of the molecule is COC(=O)c1ccc2c(c1)CN(c1ccccn1)C2=O. The third-order valence-electron chi connectivity index (χ3n) is 3.26. The van der Waals surface area contributed by atoms with Crippen molar-refractivity contribution in [2.75, 3.05) is 12.0 Å². The molecule has 0 saturated carbocycles. The zero-order chi connectivity index (χ0) is 14.1. The van der Waals surface area contributed by atoms with Crippen molar-refractivity contribution in [3.63, 3.8) is 0 Å². The van der Waals surface area contributed by atoms with Crippen molar-refractivity contribution in [2.45, 2.75) is 6.54 Å². The van der Waals surface area contributed by atoms with E-state index in [0.717, 1.165) is 5.56 Å². The molecule has 1 aliphatic rings. The number of esters is 1. The first-order chi connectivity index (χ1) is 9.70. The smallest absolute Gasteiger partial charge is 0.337 e. The number of hydrogen-bond donors (Lipinski definition) is 0. The number of rotatable bonds is 2. The van der Waals surface area contributed by atoms with Crippen molar-refractivity contribution in [2.24, 2.45) is 0 Å². The number of carbonyl (C=O) groups is 2. The fourth-order valence-corrected chi connectivity index (χ4v) is 2.26. The van der Waals surface area contributed by atoms with Crippen molar-refractivity contribution in [3.05, 3.63) is 59.3 Å². The van der Waals surface area contributed by atoms with E-state index in [4.69, 9.17) is 0 Å². The summed E-state index contributed by atoms with van der Waals surface area (Å²) in [5.41, 5.74) is 1.86. The lowest BCUT2D eigenvalue weighted by Crippen LogP contribution is -2.23. The standard InChI is InChI=1S/C15H12N2O3/c1-20-15(19)10-5-6-12-11(8-10)9-17(14(12)18)13-4-2-3-7-16-13/h2-8H,9H2,1H3. The van der Waals surface area contributed by atoms with Crippen LogP contribution in [0.5, 0.6) is 0 Å². The second-order valence-electron chi connectivity index (χ2n) is 4.44. The highest BCUT2D eigenvalue weighted by molar-refractivity contribution is 6.10. The van der Waals surface area contributed by atoms with E-state index in [9.17, 15) is 9.59 Å². The maximum atomic E-state index is 12.3. The summed E-state index contributed by atoms with van der Waals surface area (Å²) >= 11 is 0. The van der Waals surface area contributed by atoms with E-state index >= 15 is 0 Å². The topological polar surface area (TPSA) is 59.5 Å². The maximum absolute atomic E-state index is 12.3. The molecule has 0 fully saturated rings. The van der Waals surface area contributed by atoms with Crippen LogP contribution in [0.4, 0.5) is 5.82 Å². The third kappa shape index (κ3) is 1.93. The predicted molar refractivity (Wildman–Crippen MR) is 72.5 cm³/mol. The van der Waals surface area contributed by atoms with Crippen LogP contribution in [0, 0.1) is 0 Å². The van der Waals surface area contributed by atoms with Crippen molar-refractivity contribution in [1.82, 2.24) is 4.98 Å². The van der Waals surface area contributed by atoms with Crippen LogP contribution >= 0.6 is 0 Å². The largest absolute Gasteiger partial charge is 0.465 e. The van der Waals surface area contributed by atoms with Crippen LogP contribution < -0.4 is 4.90 Å². The lowest BCUT2D eigenvalue weighted by Gasteiger charge is -2.13. The number of anilines is 1. The van der Waals surface area contributed by atoms with Gasteiger partial charge in [0.2, 0.25) is 0 Å². The summed E-state index contributed by atoms with van der Waals surface area (Å²) in [6.07, 6.45) is 1.64. The van der Waals surface area contributed by atoms with Crippen LogP contribution in [0.15, 0.2) is 42.6 Å². The highest BCUT2D eigenvalue weighted by Crippen LogP contribution is 2.27. The molecule has 2 heterocycles. The normalized spacial score (nSPS) is 13.2. The number of hydrogen-bond acceptors (Lipinski definition) is 4. The number of ether oxygens (including phenoxy) is 1. The molecule has 0 radical (unpaired) electrons. The van der Waals surface area contributed by atoms with Crippen LogP contribution in [0.1, 0.15) is 26.3 Å². The number of pyridine rings is 1.